The van der Waals surface area contributed by atoms with Crippen molar-refractivity contribution in [3.63, 3.8) is 0 Å². The summed E-state index contributed by atoms with van der Waals surface area (Å²) in [5.74, 6) is -1.01. The van der Waals surface area contributed by atoms with Crippen molar-refractivity contribution in [3.8, 4) is 0 Å². The molecule has 0 aliphatic heterocycles. The number of halogens is 1. The number of rotatable bonds is 3. The zero-order valence-electron chi connectivity index (χ0n) is 17.7. The lowest BCUT2D eigenvalue weighted by Gasteiger charge is -2.18. The third-order valence-corrected chi connectivity index (χ3v) is 1.30. The molecule has 0 bridgehead atoms. The van der Waals surface area contributed by atoms with E-state index in [4.69, 9.17) is 16.4 Å². The zero-order chi connectivity index (χ0) is 19.3. The Kier molecular flexibility index (Phi) is 0.820. The summed E-state index contributed by atoms with van der Waals surface area (Å²) < 4.78 is 89.5. The van der Waals surface area contributed by atoms with Gasteiger partial charge < -0.3 is 4.90 Å². The summed E-state index contributed by atoms with van der Waals surface area (Å²) in [4.78, 5) is 6.66. The molecule has 0 N–H and O–H groups in total. The highest BCUT2D eigenvalue weighted by molar-refractivity contribution is 9.10. The van der Waals surface area contributed by atoms with Crippen molar-refractivity contribution in [3.05, 3.63) is 16.9 Å². The van der Waals surface area contributed by atoms with E-state index < -0.39 is 44.9 Å². The fraction of sp³-hybridized carbons (Fsp3) is 0.500. The maximum Gasteiger partial charge on any atom is 0.147 e. The molecule has 0 saturated carbocycles. The first kappa shape index (κ1) is 2.23. The van der Waals surface area contributed by atoms with Crippen LogP contribution in [0.2, 0.25) is 0 Å². The van der Waals surface area contributed by atoms with Gasteiger partial charge in [-0.25, -0.2) is 9.97 Å². The highest BCUT2D eigenvalue weighted by Crippen LogP contribution is 2.10. The second-order valence-electron chi connectivity index (χ2n) is 1.62. The smallest absolute Gasteiger partial charge is 0.147 e. The van der Waals surface area contributed by atoms with Gasteiger partial charge in [-0.15, -0.1) is 0 Å². The fourth-order valence-corrected chi connectivity index (χ4v) is 0.659. The average molecular weight is 242 g/mol. The number of anilines is 1. The molecule has 1 rings (SSSR count). The van der Waals surface area contributed by atoms with Gasteiger partial charge >= 0.3 is 0 Å². The van der Waals surface area contributed by atoms with Crippen LogP contribution in [0.15, 0.2) is 16.9 Å². The van der Waals surface area contributed by atoms with Crippen LogP contribution in [0.3, 0.4) is 0 Å². The summed E-state index contributed by atoms with van der Waals surface area (Å²) >= 11 is 2.80. The van der Waals surface area contributed by atoms with Gasteiger partial charge in [0.15, 0.2) is 0 Å². The number of nitrogens with zero attached hydrogens (tertiary/aromatic N) is 3. The van der Waals surface area contributed by atoms with Gasteiger partial charge in [0.1, 0.15) is 10.4 Å². The van der Waals surface area contributed by atoms with E-state index >= 15 is 0 Å². The Morgan fingerprint density at radius 3 is 3.00 bits per heavy atom. The summed E-state index contributed by atoms with van der Waals surface area (Å²) in [6.45, 7) is -14.0. The first-order chi connectivity index (χ1) is 10.4. The maximum absolute atomic E-state index is 7.74. The van der Waals surface area contributed by atoms with Crippen molar-refractivity contribution < 1.29 is 16.4 Å². The molecule has 1 heterocycles. The van der Waals surface area contributed by atoms with Crippen LogP contribution in [0.4, 0.5) is 5.82 Å². The molecule has 12 heavy (non-hydrogen) atoms. The van der Waals surface area contributed by atoms with Crippen LogP contribution in [-0.2, 0) is 0 Å². The van der Waals surface area contributed by atoms with Gasteiger partial charge in [0.2, 0.25) is 0 Å². The van der Waals surface area contributed by atoms with Crippen molar-refractivity contribution in [1.82, 2.24) is 9.97 Å². The first-order valence-corrected chi connectivity index (χ1v) is 3.55. The van der Waals surface area contributed by atoms with E-state index in [0.717, 1.165) is 0 Å². The molecule has 0 radical (unpaired) electrons. The standard InChI is InChI=1S/C8H12BrN3/c1-3-12(4-2)8-6-10-7(9)5-11-8/h5-6H,3-4H2,1-2H3/i1D3,2D3,3D2,4D2,5D,6D. The lowest BCUT2D eigenvalue weighted by Crippen LogP contribution is -2.22. The largest absolute Gasteiger partial charge is 0.356 e. The van der Waals surface area contributed by atoms with E-state index in [2.05, 4.69) is 25.9 Å². The molecular weight excluding hydrogens is 218 g/mol. The van der Waals surface area contributed by atoms with Crippen molar-refractivity contribution in [2.75, 3.05) is 17.9 Å². The molecule has 4 heteroatoms. The van der Waals surface area contributed by atoms with Gasteiger partial charge in [-0.2, -0.15) is 0 Å². The minimum Gasteiger partial charge on any atom is -0.356 e. The molecule has 3 nitrogen and oxygen atoms in total. The number of hydrogen-bond donors (Lipinski definition) is 0. The summed E-state index contributed by atoms with van der Waals surface area (Å²) in [7, 11) is 0. The minimum absolute atomic E-state index is 0.222. The van der Waals surface area contributed by atoms with E-state index in [1.807, 2.05) is 0 Å². The van der Waals surface area contributed by atoms with E-state index in [0.29, 0.717) is 0 Å². The van der Waals surface area contributed by atoms with Crippen molar-refractivity contribution in [2.45, 2.75) is 13.7 Å². The minimum atomic E-state index is -3.55. The summed E-state index contributed by atoms with van der Waals surface area (Å²) in [6.07, 6.45) is -1.53. The van der Waals surface area contributed by atoms with Crippen molar-refractivity contribution >= 4 is 21.7 Å². The van der Waals surface area contributed by atoms with Gasteiger partial charge in [-0.3, -0.25) is 0 Å². The summed E-state index contributed by atoms with van der Waals surface area (Å²) in [6, 6.07) is 0. The highest BCUT2D eigenvalue weighted by atomic mass is 79.9. The van der Waals surface area contributed by atoms with Crippen molar-refractivity contribution in [1.29, 1.82) is 0 Å². The predicted molar refractivity (Wildman–Crippen MR) is 53.3 cm³/mol. The van der Waals surface area contributed by atoms with Crippen LogP contribution in [0, 0.1) is 0 Å². The van der Waals surface area contributed by atoms with Crippen LogP contribution in [0.5, 0.6) is 0 Å². The second kappa shape index (κ2) is 4.40. The van der Waals surface area contributed by atoms with E-state index in [-0.39, 0.29) is 9.50 Å². The molecule has 0 amide bonds. The molecule has 0 saturated heterocycles. The molecule has 0 aliphatic carbocycles. The molecule has 0 aromatic carbocycles. The molecule has 1 aromatic heterocycles. The van der Waals surface area contributed by atoms with Gasteiger partial charge in [0, 0.05) is 26.7 Å². The molecule has 0 spiro atoms. The average Bonchev–Trinajstić information content (AvgIpc) is 2.32. The fourth-order valence-electron chi connectivity index (χ4n) is 0.482. The van der Waals surface area contributed by atoms with Crippen molar-refractivity contribution in [2.24, 2.45) is 0 Å². The topological polar surface area (TPSA) is 29.0 Å². The Balaban J connectivity index is 3.79. The quantitative estimate of drug-likeness (QED) is 0.812. The maximum atomic E-state index is 7.74. The molecule has 0 aliphatic rings. The lowest BCUT2D eigenvalue weighted by molar-refractivity contribution is 0.839. The van der Waals surface area contributed by atoms with Gasteiger partial charge in [-0.1, -0.05) is 0 Å². The Labute approximate surface area is 97.8 Å². The van der Waals surface area contributed by atoms with Crippen LogP contribution >= 0.6 is 15.9 Å². The van der Waals surface area contributed by atoms with Crippen LogP contribution < -0.4 is 4.90 Å². The summed E-state index contributed by atoms with van der Waals surface area (Å²) in [5.41, 5.74) is 0. The molecule has 0 fully saturated rings. The second-order valence-corrected chi connectivity index (χ2v) is 2.37. The van der Waals surface area contributed by atoms with E-state index in [1.54, 1.807) is 0 Å². The van der Waals surface area contributed by atoms with Gasteiger partial charge in [0.25, 0.3) is 0 Å². The number of hydrogen-bond acceptors (Lipinski definition) is 3. The number of aromatic nitrogens is 2. The normalized spacial score (nSPS) is 29.1. The third-order valence-electron chi connectivity index (χ3n) is 0.944. The van der Waals surface area contributed by atoms with Crippen LogP contribution in [-0.4, -0.2) is 23.0 Å². The molecule has 0 unspecified atom stereocenters. The predicted octanol–water partition coefficient (Wildman–Crippen LogP) is 2.09. The first-order valence-electron chi connectivity index (χ1n) is 8.75. The Morgan fingerprint density at radius 1 is 1.58 bits per heavy atom. The third kappa shape index (κ3) is 2.17. The Morgan fingerprint density at radius 2 is 2.33 bits per heavy atom. The SMILES string of the molecule is [2H]c1nc(N(C([2H])([2H])C([2H])([2H])[2H])C([2H])([2H])C([2H])([2H])[2H])c([2H])nc1Br. The van der Waals surface area contributed by atoms with E-state index in [1.165, 1.54) is 0 Å². The monoisotopic (exact) mass is 241 g/mol. The summed E-state index contributed by atoms with van der Waals surface area (Å²) in [5, 5.41) is 0. The van der Waals surface area contributed by atoms with Gasteiger partial charge in [0.05, 0.1) is 15.1 Å². The molecule has 66 valence electrons. The molecule has 1 aromatic rings. The Hall–Kier alpha value is -0.640. The Bertz CT molecular complexity index is 598. The van der Waals surface area contributed by atoms with E-state index in [9.17, 15) is 0 Å². The highest BCUT2D eigenvalue weighted by Gasteiger charge is 2.01. The molecular formula is C8H12BrN3. The van der Waals surface area contributed by atoms with Gasteiger partial charge in [-0.05, 0) is 29.6 Å². The lowest BCUT2D eigenvalue weighted by atomic mass is 10.5. The van der Waals surface area contributed by atoms with Crippen LogP contribution in [0.25, 0.3) is 0 Å². The van der Waals surface area contributed by atoms with Crippen LogP contribution in [0.1, 0.15) is 30.2 Å². The molecule has 0 atom stereocenters. The zero-order valence-corrected chi connectivity index (χ0v) is 7.31.